The van der Waals surface area contributed by atoms with Crippen molar-refractivity contribution in [2.45, 2.75) is 45.1 Å². The topological polar surface area (TPSA) is 72.9 Å². The van der Waals surface area contributed by atoms with Gasteiger partial charge in [0.25, 0.3) is 0 Å². The fourth-order valence-electron chi connectivity index (χ4n) is 3.24. The average molecular weight is 297 g/mol. The Bertz CT molecular complexity index is 359. The highest BCUT2D eigenvalue weighted by Crippen LogP contribution is 2.24. The Morgan fingerprint density at radius 1 is 1.10 bits per heavy atom. The molecule has 2 aliphatic rings. The summed E-state index contributed by atoms with van der Waals surface area (Å²) in [5, 5.41) is 12.0. The van der Waals surface area contributed by atoms with Gasteiger partial charge in [0, 0.05) is 32.2 Å². The number of aliphatic carboxylic acids is 1. The SMILES string of the molecule is CCCN1CCN(C(=O)NC2CCC(C(=O)O)CC2)CC1. The van der Waals surface area contributed by atoms with E-state index in [9.17, 15) is 9.59 Å². The van der Waals surface area contributed by atoms with Crippen molar-refractivity contribution in [3.8, 4) is 0 Å². The van der Waals surface area contributed by atoms with Gasteiger partial charge in [-0.1, -0.05) is 6.92 Å². The third kappa shape index (κ3) is 4.59. The van der Waals surface area contributed by atoms with Crippen molar-refractivity contribution in [1.82, 2.24) is 15.1 Å². The Kier molecular flexibility index (Phi) is 5.85. The molecule has 0 aromatic rings. The Morgan fingerprint density at radius 2 is 1.71 bits per heavy atom. The van der Waals surface area contributed by atoms with Crippen molar-refractivity contribution in [3.05, 3.63) is 0 Å². The van der Waals surface area contributed by atoms with Gasteiger partial charge in [-0.3, -0.25) is 9.69 Å². The second kappa shape index (κ2) is 7.64. The van der Waals surface area contributed by atoms with Crippen molar-refractivity contribution in [1.29, 1.82) is 0 Å². The molecule has 0 aromatic carbocycles. The molecule has 1 aliphatic carbocycles. The van der Waals surface area contributed by atoms with E-state index in [-0.39, 0.29) is 18.0 Å². The second-order valence-electron chi connectivity index (χ2n) is 6.16. The maximum atomic E-state index is 12.2. The van der Waals surface area contributed by atoms with Crippen LogP contribution in [-0.4, -0.2) is 65.7 Å². The van der Waals surface area contributed by atoms with E-state index in [0.29, 0.717) is 12.8 Å². The molecule has 2 N–H and O–H groups in total. The number of amides is 2. The third-order valence-electron chi connectivity index (χ3n) is 4.60. The summed E-state index contributed by atoms with van der Waals surface area (Å²) >= 11 is 0. The van der Waals surface area contributed by atoms with Gasteiger partial charge in [0.1, 0.15) is 0 Å². The second-order valence-corrected chi connectivity index (χ2v) is 6.16. The molecule has 0 atom stereocenters. The lowest BCUT2D eigenvalue weighted by atomic mass is 9.86. The highest BCUT2D eigenvalue weighted by Gasteiger charge is 2.28. The molecule has 2 amide bonds. The van der Waals surface area contributed by atoms with Gasteiger partial charge < -0.3 is 15.3 Å². The molecule has 1 aliphatic heterocycles. The number of hydrogen-bond donors (Lipinski definition) is 2. The summed E-state index contributed by atoms with van der Waals surface area (Å²) in [4.78, 5) is 27.4. The lowest BCUT2D eigenvalue weighted by molar-refractivity contribution is -0.142. The molecule has 6 nitrogen and oxygen atoms in total. The van der Waals surface area contributed by atoms with Crippen LogP contribution in [0.5, 0.6) is 0 Å². The average Bonchev–Trinajstić information content (AvgIpc) is 2.49. The van der Waals surface area contributed by atoms with Crippen LogP contribution in [0.4, 0.5) is 4.79 Å². The van der Waals surface area contributed by atoms with Crippen LogP contribution in [-0.2, 0) is 4.79 Å². The van der Waals surface area contributed by atoms with Crippen molar-refractivity contribution >= 4 is 12.0 Å². The van der Waals surface area contributed by atoms with E-state index in [0.717, 1.165) is 52.0 Å². The summed E-state index contributed by atoms with van der Waals surface area (Å²) in [5.41, 5.74) is 0. The Hall–Kier alpha value is -1.30. The van der Waals surface area contributed by atoms with Crippen LogP contribution in [0, 0.1) is 5.92 Å². The quantitative estimate of drug-likeness (QED) is 0.822. The molecule has 0 aromatic heterocycles. The fourth-order valence-corrected chi connectivity index (χ4v) is 3.24. The first-order chi connectivity index (χ1) is 10.1. The molecule has 120 valence electrons. The van der Waals surface area contributed by atoms with Gasteiger partial charge in [0.2, 0.25) is 0 Å². The summed E-state index contributed by atoms with van der Waals surface area (Å²) in [6, 6.07) is 0.159. The van der Waals surface area contributed by atoms with Crippen molar-refractivity contribution in [2.24, 2.45) is 5.92 Å². The van der Waals surface area contributed by atoms with E-state index in [4.69, 9.17) is 5.11 Å². The summed E-state index contributed by atoms with van der Waals surface area (Å²) in [7, 11) is 0. The fraction of sp³-hybridized carbons (Fsp3) is 0.867. The Balaban J connectivity index is 1.70. The van der Waals surface area contributed by atoms with E-state index in [2.05, 4.69) is 17.1 Å². The van der Waals surface area contributed by atoms with Crippen LogP contribution in [0.3, 0.4) is 0 Å². The number of nitrogens with one attached hydrogen (secondary N) is 1. The first-order valence-electron chi connectivity index (χ1n) is 8.10. The molecule has 6 heteroatoms. The smallest absolute Gasteiger partial charge is 0.317 e. The van der Waals surface area contributed by atoms with Gasteiger partial charge in [-0.15, -0.1) is 0 Å². The van der Waals surface area contributed by atoms with Gasteiger partial charge >= 0.3 is 12.0 Å². The van der Waals surface area contributed by atoms with E-state index < -0.39 is 5.97 Å². The number of rotatable bonds is 4. The molecule has 1 saturated carbocycles. The maximum absolute atomic E-state index is 12.2. The van der Waals surface area contributed by atoms with Crippen LogP contribution >= 0.6 is 0 Å². The highest BCUT2D eigenvalue weighted by atomic mass is 16.4. The standard InChI is InChI=1S/C15H27N3O3/c1-2-7-17-8-10-18(11-9-17)15(21)16-13-5-3-12(4-6-13)14(19)20/h12-13H,2-11H2,1H3,(H,16,21)(H,19,20). The predicted octanol–water partition coefficient (Wildman–Crippen LogP) is 1.37. The van der Waals surface area contributed by atoms with Crippen LogP contribution in [0.1, 0.15) is 39.0 Å². The van der Waals surface area contributed by atoms with E-state index in [1.807, 2.05) is 4.90 Å². The molecular formula is C15H27N3O3. The van der Waals surface area contributed by atoms with Gasteiger partial charge in [-0.25, -0.2) is 4.79 Å². The Labute approximate surface area is 126 Å². The number of piperazine rings is 1. The van der Waals surface area contributed by atoms with E-state index in [1.165, 1.54) is 0 Å². The van der Waals surface area contributed by atoms with Gasteiger partial charge in [0.05, 0.1) is 5.92 Å². The lowest BCUT2D eigenvalue weighted by Crippen LogP contribution is -2.53. The number of urea groups is 1. The monoisotopic (exact) mass is 297 g/mol. The normalized spacial score (nSPS) is 27.4. The predicted molar refractivity (Wildman–Crippen MR) is 80.2 cm³/mol. The number of carbonyl (C=O) groups is 2. The van der Waals surface area contributed by atoms with Gasteiger partial charge in [-0.2, -0.15) is 0 Å². The van der Waals surface area contributed by atoms with Crippen LogP contribution < -0.4 is 5.32 Å². The largest absolute Gasteiger partial charge is 0.481 e. The van der Waals surface area contributed by atoms with Crippen molar-refractivity contribution < 1.29 is 14.7 Å². The summed E-state index contributed by atoms with van der Waals surface area (Å²) in [5.74, 6) is -0.928. The zero-order valence-corrected chi connectivity index (χ0v) is 12.9. The van der Waals surface area contributed by atoms with E-state index >= 15 is 0 Å². The van der Waals surface area contributed by atoms with Crippen molar-refractivity contribution in [3.63, 3.8) is 0 Å². The Morgan fingerprint density at radius 3 is 2.24 bits per heavy atom. The molecular weight excluding hydrogens is 270 g/mol. The first kappa shape index (κ1) is 16.1. The van der Waals surface area contributed by atoms with Crippen LogP contribution in [0.2, 0.25) is 0 Å². The number of carboxylic acids is 1. The lowest BCUT2D eigenvalue weighted by Gasteiger charge is -2.36. The minimum atomic E-state index is -0.702. The van der Waals surface area contributed by atoms with Gasteiger partial charge in [0.15, 0.2) is 0 Å². The van der Waals surface area contributed by atoms with Gasteiger partial charge in [-0.05, 0) is 38.6 Å². The zero-order valence-electron chi connectivity index (χ0n) is 12.9. The number of nitrogens with zero attached hydrogens (tertiary/aromatic N) is 2. The minimum Gasteiger partial charge on any atom is -0.481 e. The first-order valence-corrected chi connectivity index (χ1v) is 8.10. The third-order valence-corrected chi connectivity index (χ3v) is 4.60. The molecule has 1 saturated heterocycles. The summed E-state index contributed by atoms with van der Waals surface area (Å²) < 4.78 is 0. The zero-order chi connectivity index (χ0) is 15.2. The molecule has 2 rings (SSSR count). The van der Waals surface area contributed by atoms with E-state index in [1.54, 1.807) is 0 Å². The summed E-state index contributed by atoms with van der Waals surface area (Å²) in [6.45, 7) is 6.76. The molecule has 21 heavy (non-hydrogen) atoms. The van der Waals surface area contributed by atoms with Crippen LogP contribution in [0.15, 0.2) is 0 Å². The summed E-state index contributed by atoms with van der Waals surface area (Å²) in [6.07, 6.45) is 4.05. The molecule has 0 bridgehead atoms. The molecule has 2 fully saturated rings. The number of hydrogen-bond acceptors (Lipinski definition) is 3. The van der Waals surface area contributed by atoms with Crippen LogP contribution in [0.25, 0.3) is 0 Å². The highest BCUT2D eigenvalue weighted by molar-refractivity contribution is 5.75. The van der Waals surface area contributed by atoms with Crippen molar-refractivity contribution in [2.75, 3.05) is 32.7 Å². The molecule has 1 heterocycles. The molecule has 0 unspecified atom stereocenters. The molecule has 0 radical (unpaired) electrons. The molecule has 0 spiro atoms. The number of carbonyl (C=O) groups excluding carboxylic acids is 1. The number of carboxylic acid groups (broad SMARTS) is 1. The minimum absolute atomic E-state index is 0.0184. The maximum Gasteiger partial charge on any atom is 0.317 e.